The van der Waals surface area contributed by atoms with Crippen LogP contribution in [-0.2, 0) is 19.9 Å². The van der Waals surface area contributed by atoms with Crippen LogP contribution in [0.4, 0.5) is 0 Å². The van der Waals surface area contributed by atoms with Gasteiger partial charge >= 0.3 is 0 Å². The maximum atomic E-state index is 6.32. The maximum Gasteiger partial charge on any atom is 0.0596 e. The van der Waals surface area contributed by atoms with Gasteiger partial charge in [-0.3, -0.25) is 4.68 Å². The van der Waals surface area contributed by atoms with Gasteiger partial charge in [-0.15, -0.1) is 0 Å². The van der Waals surface area contributed by atoms with Crippen LogP contribution in [0.25, 0.3) is 10.8 Å². The van der Waals surface area contributed by atoms with Crippen LogP contribution in [0, 0.1) is 6.92 Å². The molecule has 1 heterocycles. The van der Waals surface area contributed by atoms with Gasteiger partial charge in [-0.05, 0) is 35.7 Å². The lowest BCUT2D eigenvalue weighted by Crippen LogP contribution is -2.26. The van der Waals surface area contributed by atoms with Gasteiger partial charge in [0.25, 0.3) is 0 Å². The third-order valence-electron chi connectivity index (χ3n) is 3.88. The van der Waals surface area contributed by atoms with Crippen LogP contribution in [0.15, 0.2) is 48.5 Å². The van der Waals surface area contributed by atoms with Crippen molar-refractivity contribution in [2.24, 2.45) is 12.8 Å². The molecule has 1 unspecified atom stereocenters. The van der Waals surface area contributed by atoms with Gasteiger partial charge in [0.15, 0.2) is 0 Å². The first-order valence-corrected chi connectivity index (χ1v) is 7.34. The van der Waals surface area contributed by atoms with Crippen molar-refractivity contribution in [1.82, 2.24) is 9.78 Å². The maximum absolute atomic E-state index is 6.32. The van der Waals surface area contributed by atoms with Crippen molar-refractivity contribution in [2.75, 3.05) is 0 Å². The Morgan fingerprint density at radius 2 is 1.81 bits per heavy atom. The largest absolute Gasteiger partial charge is 0.327 e. The van der Waals surface area contributed by atoms with E-state index in [4.69, 9.17) is 5.73 Å². The van der Waals surface area contributed by atoms with Crippen LogP contribution in [0.3, 0.4) is 0 Å². The average Bonchev–Trinajstić information content (AvgIpc) is 2.76. The molecule has 1 aromatic heterocycles. The minimum absolute atomic E-state index is 0.112. The van der Waals surface area contributed by atoms with Crippen LogP contribution in [0.1, 0.15) is 17.0 Å². The van der Waals surface area contributed by atoms with E-state index in [0.717, 1.165) is 18.5 Å². The Kier molecular flexibility index (Phi) is 3.76. The molecule has 108 valence electrons. The van der Waals surface area contributed by atoms with Crippen molar-refractivity contribution in [2.45, 2.75) is 25.8 Å². The number of fused-ring (bicyclic) bond motifs is 1. The first-order valence-electron chi connectivity index (χ1n) is 7.34. The molecule has 0 saturated carbocycles. The van der Waals surface area contributed by atoms with E-state index in [2.05, 4.69) is 53.6 Å². The van der Waals surface area contributed by atoms with Crippen molar-refractivity contribution in [3.8, 4) is 0 Å². The molecule has 21 heavy (non-hydrogen) atoms. The molecule has 2 aromatic carbocycles. The van der Waals surface area contributed by atoms with Crippen molar-refractivity contribution in [3.63, 3.8) is 0 Å². The van der Waals surface area contributed by atoms with Crippen LogP contribution in [0.5, 0.6) is 0 Å². The zero-order valence-corrected chi connectivity index (χ0v) is 12.6. The minimum atomic E-state index is 0.112. The second kappa shape index (κ2) is 5.70. The van der Waals surface area contributed by atoms with Crippen LogP contribution in [0.2, 0.25) is 0 Å². The molecular formula is C18H21N3. The predicted molar refractivity (Wildman–Crippen MR) is 87.3 cm³/mol. The first-order chi connectivity index (χ1) is 10.1. The van der Waals surface area contributed by atoms with Crippen LogP contribution < -0.4 is 5.73 Å². The van der Waals surface area contributed by atoms with Gasteiger partial charge in [0.1, 0.15) is 0 Å². The third-order valence-corrected chi connectivity index (χ3v) is 3.88. The minimum Gasteiger partial charge on any atom is -0.327 e. The lowest BCUT2D eigenvalue weighted by atomic mass is 9.99. The van der Waals surface area contributed by atoms with Crippen molar-refractivity contribution < 1.29 is 0 Å². The fourth-order valence-corrected chi connectivity index (χ4v) is 2.86. The summed E-state index contributed by atoms with van der Waals surface area (Å²) in [5.74, 6) is 0. The van der Waals surface area contributed by atoms with E-state index in [1.165, 1.54) is 22.0 Å². The second-order valence-corrected chi connectivity index (χ2v) is 5.75. The molecule has 0 saturated heterocycles. The van der Waals surface area contributed by atoms with Crippen molar-refractivity contribution in [1.29, 1.82) is 0 Å². The summed E-state index contributed by atoms with van der Waals surface area (Å²) in [5, 5.41) is 6.92. The highest BCUT2D eigenvalue weighted by Gasteiger charge is 2.10. The number of hydrogen-bond acceptors (Lipinski definition) is 2. The molecule has 0 bridgehead atoms. The molecule has 0 fully saturated rings. The number of hydrogen-bond donors (Lipinski definition) is 1. The van der Waals surface area contributed by atoms with Crippen molar-refractivity contribution >= 4 is 10.8 Å². The highest BCUT2D eigenvalue weighted by atomic mass is 15.3. The number of aromatic nitrogens is 2. The molecular weight excluding hydrogens is 258 g/mol. The summed E-state index contributed by atoms with van der Waals surface area (Å²) >= 11 is 0. The fraction of sp³-hybridized carbons (Fsp3) is 0.278. The van der Waals surface area contributed by atoms with Gasteiger partial charge < -0.3 is 5.73 Å². The monoisotopic (exact) mass is 279 g/mol. The zero-order valence-electron chi connectivity index (χ0n) is 12.6. The highest BCUT2D eigenvalue weighted by molar-refractivity contribution is 5.82. The second-order valence-electron chi connectivity index (χ2n) is 5.75. The Labute approximate surface area is 125 Å². The van der Waals surface area contributed by atoms with Gasteiger partial charge in [-0.25, -0.2) is 0 Å². The number of rotatable bonds is 4. The summed E-state index contributed by atoms with van der Waals surface area (Å²) < 4.78 is 1.93. The van der Waals surface area contributed by atoms with E-state index < -0.39 is 0 Å². The van der Waals surface area contributed by atoms with E-state index >= 15 is 0 Å². The van der Waals surface area contributed by atoms with Gasteiger partial charge in [-0.2, -0.15) is 5.10 Å². The smallest absolute Gasteiger partial charge is 0.0596 e. The Morgan fingerprint density at radius 1 is 1.05 bits per heavy atom. The molecule has 0 aliphatic heterocycles. The lowest BCUT2D eigenvalue weighted by molar-refractivity contribution is 0.613. The van der Waals surface area contributed by atoms with E-state index in [0.29, 0.717) is 0 Å². The standard InChI is InChI=1S/C18H21N3/c1-13-9-18(21(2)20-13)12-17(19)11-14-7-8-15-5-3-4-6-16(15)10-14/h3-10,17H,11-12,19H2,1-2H3. The number of aryl methyl sites for hydroxylation is 2. The molecule has 0 aliphatic carbocycles. The predicted octanol–water partition coefficient (Wildman–Crippen LogP) is 2.99. The summed E-state index contributed by atoms with van der Waals surface area (Å²) in [4.78, 5) is 0. The molecule has 0 spiro atoms. The Morgan fingerprint density at radius 3 is 2.52 bits per heavy atom. The molecule has 3 rings (SSSR count). The summed E-state index contributed by atoms with van der Waals surface area (Å²) in [6.45, 7) is 2.01. The molecule has 0 radical (unpaired) electrons. The van der Waals surface area contributed by atoms with E-state index in [1.54, 1.807) is 0 Å². The molecule has 3 aromatic rings. The number of benzene rings is 2. The number of nitrogens with zero attached hydrogens (tertiary/aromatic N) is 2. The highest BCUT2D eigenvalue weighted by Crippen LogP contribution is 2.17. The SMILES string of the molecule is Cc1cc(CC(N)Cc2ccc3ccccc3c2)n(C)n1. The van der Waals surface area contributed by atoms with Gasteiger partial charge in [-0.1, -0.05) is 42.5 Å². The molecule has 0 amide bonds. The average molecular weight is 279 g/mol. The van der Waals surface area contributed by atoms with Gasteiger partial charge in [0.2, 0.25) is 0 Å². The topological polar surface area (TPSA) is 43.8 Å². The normalized spacial score (nSPS) is 12.7. The third kappa shape index (κ3) is 3.14. The summed E-state index contributed by atoms with van der Waals surface area (Å²) in [6.07, 6.45) is 1.74. The Balaban J connectivity index is 1.73. The van der Waals surface area contributed by atoms with E-state index in [-0.39, 0.29) is 6.04 Å². The molecule has 0 aliphatic rings. The Hall–Kier alpha value is -2.13. The van der Waals surface area contributed by atoms with Crippen molar-refractivity contribution in [3.05, 3.63) is 65.5 Å². The number of nitrogens with two attached hydrogens (primary N) is 1. The summed E-state index contributed by atoms with van der Waals surface area (Å²) in [7, 11) is 1.98. The summed E-state index contributed by atoms with van der Waals surface area (Å²) in [6, 6.07) is 17.2. The zero-order chi connectivity index (χ0) is 14.8. The van der Waals surface area contributed by atoms with Crippen LogP contribution in [-0.4, -0.2) is 15.8 Å². The molecule has 3 heteroatoms. The van der Waals surface area contributed by atoms with Gasteiger partial charge in [0, 0.05) is 25.2 Å². The first kappa shape index (κ1) is 13.8. The molecule has 2 N–H and O–H groups in total. The fourth-order valence-electron chi connectivity index (χ4n) is 2.86. The van der Waals surface area contributed by atoms with Crippen LogP contribution >= 0.6 is 0 Å². The Bertz CT molecular complexity index is 758. The molecule has 3 nitrogen and oxygen atoms in total. The van der Waals surface area contributed by atoms with E-state index in [1.807, 2.05) is 18.7 Å². The quantitative estimate of drug-likeness (QED) is 0.798. The van der Waals surface area contributed by atoms with Gasteiger partial charge in [0.05, 0.1) is 5.69 Å². The van der Waals surface area contributed by atoms with E-state index in [9.17, 15) is 0 Å². The molecule has 1 atom stereocenters. The lowest BCUT2D eigenvalue weighted by Gasteiger charge is -2.12. The summed E-state index contributed by atoms with van der Waals surface area (Å²) in [5.41, 5.74) is 9.85.